The molecule has 2 rings (SSSR count). The molecule has 0 bridgehead atoms. The Bertz CT molecular complexity index is 524. The standard InChI is InChI=1S/C17H18O3/c1-13(18)16(19)17(20-2,14-9-5-3-6-10-14)15-11-7-4-8-12-15/h3-12,16,19H,1-2H3/t16-/m1/s1. The lowest BCUT2D eigenvalue weighted by Crippen LogP contribution is -2.46. The minimum Gasteiger partial charge on any atom is -0.382 e. The Morgan fingerprint density at radius 3 is 1.70 bits per heavy atom. The van der Waals surface area contributed by atoms with Crippen molar-refractivity contribution in [3.63, 3.8) is 0 Å². The van der Waals surface area contributed by atoms with Gasteiger partial charge in [0, 0.05) is 7.11 Å². The Hall–Kier alpha value is -1.97. The second-order valence-corrected chi connectivity index (χ2v) is 4.69. The van der Waals surface area contributed by atoms with Crippen molar-refractivity contribution in [3.05, 3.63) is 71.8 Å². The van der Waals surface area contributed by atoms with Crippen LogP contribution < -0.4 is 0 Å². The lowest BCUT2D eigenvalue weighted by Gasteiger charge is -2.36. The highest BCUT2D eigenvalue weighted by Gasteiger charge is 2.44. The lowest BCUT2D eigenvalue weighted by atomic mass is 9.80. The maximum atomic E-state index is 11.8. The van der Waals surface area contributed by atoms with Crippen molar-refractivity contribution in [2.24, 2.45) is 0 Å². The summed E-state index contributed by atoms with van der Waals surface area (Å²) in [4.78, 5) is 11.8. The highest BCUT2D eigenvalue weighted by Crippen LogP contribution is 2.36. The molecule has 0 radical (unpaired) electrons. The summed E-state index contributed by atoms with van der Waals surface area (Å²) >= 11 is 0. The van der Waals surface area contributed by atoms with Gasteiger partial charge in [-0.25, -0.2) is 0 Å². The van der Waals surface area contributed by atoms with Crippen molar-refractivity contribution < 1.29 is 14.6 Å². The summed E-state index contributed by atoms with van der Waals surface area (Å²) in [6.07, 6.45) is -1.27. The molecule has 0 amide bonds. The van der Waals surface area contributed by atoms with E-state index >= 15 is 0 Å². The Labute approximate surface area is 118 Å². The number of carbonyl (C=O) groups excluding carboxylic acids is 1. The Balaban J connectivity index is 2.68. The van der Waals surface area contributed by atoms with Gasteiger partial charge in [0.1, 0.15) is 6.10 Å². The summed E-state index contributed by atoms with van der Waals surface area (Å²) in [5.41, 5.74) is 0.307. The molecular weight excluding hydrogens is 252 g/mol. The van der Waals surface area contributed by atoms with E-state index in [1.807, 2.05) is 60.7 Å². The van der Waals surface area contributed by atoms with Crippen LogP contribution in [-0.4, -0.2) is 24.1 Å². The van der Waals surface area contributed by atoms with Crippen molar-refractivity contribution >= 4 is 5.78 Å². The monoisotopic (exact) mass is 270 g/mol. The predicted octanol–water partition coefficient (Wildman–Crippen LogP) is 2.53. The molecule has 2 aromatic carbocycles. The zero-order chi connectivity index (χ0) is 14.6. The van der Waals surface area contributed by atoms with Crippen LogP contribution in [0.2, 0.25) is 0 Å². The number of benzene rings is 2. The Kier molecular flexibility index (Phi) is 4.32. The SMILES string of the molecule is COC(c1ccccc1)(c1ccccc1)[C@H](O)C(C)=O. The Morgan fingerprint density at radius 1 is 1.00 bits per heavy atom. The second kappa shape index (κ2) is 5.99. The van der Waals surface area contributed by atoms with Crippen molar-refractivity contribution in [1.29, 1.82) is 0 Å². The number of ketones is 1. The average molecular weight is 270 g/mol. The number of aliphatic hydroxyl groups excluding tert-OH is 1. The molecule has 0 aliphatic carbocycles. The number of ether oxygens (including phenoxy) is 1. The first-order valence-corrected chi connectivity index (χ1v) is 6.47. The van der Waals surface area contributed by atoms with Gasteiger partial charge in [0.2, 0.25) is 0 Å². The van der Waals surface area contributed by atoms with Gasteiger partial charge in [-0.1, -0.05) is 60.7 Å². The van der Waals surface area contributed by atoms with E-state index in [4.69, 9.17) is 4.74 Å². The molecule has 0 aliphatic heterocycles. The number of Topliss-reactive ketones (excluding diaryl/α,β-unsaturated/α-hetero) is 1. The Morgan fingerprint density at radius 2 is 1.40 bits per heavy atom. The molecule has 1 N–H and O–H groups in total. The fourth-order valence-corrected chi connectivity index (χ4v) is 2.49. The highest BCUT2D eigenvalue weighted by molar-refractivity contribution is 5.82. The number of rotatable bonds is 5. The van der Waals surface area contributed by atoms with Crippen LogP contribution in [-0.2, 0) is 15.1 Å². The summed E-state index contributed by atoms with van der Waals surface area (Å²) < 4.78 is 5.66. The molecular formula is C17H18O3. The van der Waals surface area contributed by atoms with Crippen molar-refractivity contribution in [2.45, 2.75) is 18.6 Å². The zero-order valence-corrected chi connectivity index (χ0v) is 11.6. The van der Waals surface area contributed by atoms with Gasteiger partial charge in [0.15, 0.2) is 11.4 Å². The molecule has 0 unspecified atom stereocenters. The van der Waals surface area contributed by atoms with Gasteiger partial charge in [0.25, 0.3) is 0 Å². The fourth-order valence-electron chi connectivity index (χ4n) is 2.49. The summed E-state index contributed by atoms with van der Waals surface area (Å²) in [6.45, 7) is 1.37. The molecule has 0 aliphatic rings. The van der Waals surface area contributed by atoms with Crippen molar-refractivity contribution in [2.75, 3.05) is 7.11 Å². The van der Waals surface area contributed by atoms with Gasteiger partial charge < -0.3 is 9.84 Å². The summed E-state index contributed by atoms with van der Waals surface area (Å²) in [6, 6.07) is 18.6. The first kappa shape index (κ1) is 14.4. The molecule has 0 fully saturated rings. The smallest absolute Gasteiger partial charge is 0.161 e. The van der Waals surface area contributed by atoms with E-state index in [1.54, 1.807) is 0 Å². The van der Waals surface area contributed by atoms with Crippen LogP contribution >= 0.6 is 0 Å². The summed E-state index contributed by atoms with van der Waals surface area (Å²) in [7, 11) is 1.51. The molecule has 0 saturated heterocycles. The van der Waals surface area contributed by atoms with Crippen LogP contribution in [0.1, 0.15) is 18.1 Å². The van der Waals surface area contributed by atoms with Crippen molar-refractivity contribution in [1.82, 2.24) is 0 Å². The van der Waals surface area contributed by atoms with Gasteiger partial charge >= 0.3 is 0 Å². The number of hydrogen-bond donors (Lipinski definition) is 1. The van der Waals surface area contributed by atoms with E-state index < -0.39 is 11.7 Å². The van der Waals surface area contributed by atoms with Crippen LogP contribution in [0.3, 0.4) is 0 Å². The third kappa shape index (κ3) is 2.38. The van der Waals surface area contributed by atoms with Gasteiger partial charge in [-0.3, -0.25) is 4.79 Å². The minimum atomic E-state index is -1.27. The van der Waals surface area contributed by atoms with E-state index in [1.165, 1.54) is 14.0 Å². The van der Waals surface area contributed by atoms with E-state index in [2.05, 4.69) is 0 Å². The molecule has 3 nitrogen and oxygen atoms in total. The van der Waals surface area contributed by atoms with Crippen LogP contribution in [0.4, 0.5) is 0 Å². The highest BCUT2D eigenvalue weighted by atomic mass is 16.5. The molecule has 20 heavy (non-hydrogen) atoms. The first-order chi connectivity index (χ1) is 9.63. The van der Waals surface area contributed by atoms with Gasteiger partial charge in [-0.15, -0.1) is 0 Å². The van der Waals surface area contributed by atoms with Crippen LogP contribution in [0.15, 0.2) is 60.7 Å². The predicted molar refractivity (Wildman–Crippen MR) is 77.4 cm³/mol. The second-order valence-electron chi connectivity index (χ2n) is 4.69. The average Bonchev–Trinajstić information content (AvgIpc) is 2.50. The van der Waals surface area contributed by atoms with E-state index in [-0.39, 0.29) is 5.78 Å². The summed E-state index contributed by atoms with van der Waals surface area (Å²) in [5, 5.41) is 10.5. The molecule has 1 atom stereocenters. The third-order valence-electron chi connectivity index (χ3n) is 3.50. The third-order valence-corrected chi connectivity index (χ3v) is 3.50. The molecule has 0 heterocycles. The molecule has 0 aromatic heterocycles. The zero-order valence-electron chi connectivity index (χ0n) is 11.6. The first-order valence-electron chi connectivity index (χ1n) is 6.47. The normalized spacial score (nSPS) is 12.9. The maximum Gasteiger partial charge on any atom is 0.161 e. The number of hydrogen-bond acceptors (Lipinski definition) is 3. The van der Waals surface area contributed by atoms with Crippen LogP contribution in [0.5, 0.6) is 0 Å². The molecule has 2 aromatic rings. The largest absolute Gasteiger partial charge is 0.382 e. The topological polar surface area (TPSA) is 46.5 Å². The van der Waals surface area contributed by atoms with E-state index in [9.17, 15) is 9.90 Å². The fraction of sp³-hybridized carbons (Fsp3) is 0.235. The number of carbonyl (C=O) groups is 1. The molecule has 3 heteroatoms. The van der Waals surface area contributed by atoms with E-state index in [0.29, 0.717) is 0 Å². The lowest BCUT2D eigenvalue weighted by molar-refractivity contribution is -0.141. The van der Waals surface area contributed by atoms with E-state index in [0.717, 1.165) is 11.1 Å². The summed E-state index contributed by atoms with van der Waals surface area (Å²) in [5.74, 6) is -0.334. The molecule has 0 spiro atoms. The molecule has 104 valence electrons. The van der Waals surface area contributed by atoms with Crippen LogP contribution in [0, 0.1) is 0 Å². The van der Waals surface area contributed by atoms with Gasteiger partial charge in [-0.05, 0) is 18.1 Å². The number of methoxy groups -OCH3 is 1. The van der Waals surface area contributed by atoms with Crippen LogP contribution in [0.25, 0.3) is 0 Å². The van der Waals surface area contributed by atoms with Gasteiger partial charge in [-0.2, -0.15) is 0 Å². The maximum absolute atomic E-state index is 11.8. The van der Waals surface area contributed by atoms with Gasteiger partial charge in [0.05, 0.1) is 0 Å². The number of aliphatic hydroxyl groups is 1. The molecule has 0 saturated carbocycles. The van der Waals surface area contributed by atoms with Crippen molar-refractivity contribution in [3.8, 4) is 0 Å². The quantitative estimate of drug-likeness (QED) is 0.908. The minimum absolute atomic E-state index is 0.334.